The fraction of sp³-hybridized carbons (Fsp3) is 0.480. The Bertz CT molecular complexity index is 1030. The summed E-state index contributed by atoms with van der Waals surface area (Å²) in [5.74, 6) is -0.984. The van der Waals surface area contributed by atoms with Crippen LogP contribution in [0.25, 0.3) is 0 Å². The summed E-state index contributed by atoms with van der Waals surface area (Å²) in [5.41, 5.74) is -1.74. The third-order valence-corrected chi connectivity index (χ3v) is 6.38. The van der Waals surface area contributed by atoms with Gasteiger partial charge in [-0.3, -0.25) is 4.79 Å². The minimum Gasteiger partial charge on any atom is -0.390 e. The molecule has 0 saturated heterocycles. The zero-order valence-corrected chi connectivity index (χ0v) is 18.8. The highest BCUT2D eigenvalue weighted by Crippen LogP contribution is 2.37. The van der Waals surface area contributed by atoms with E-state index in [1.54, 1.807) is 6.07 Å². The topological polar surface area (TPSA) is 88.0 Å². The predicted molar refractivity (Wildman–Crippen MR) is 116 cm³/mol. The molecule has 1 unspecified atom stereocenters. The third-order valence-electron chi connectivity index (χ3n) is 6.38. The van der Waals surface area contributed by atoms with Crippen LogP contribution < -0.4 is 5.32 Å². The molecule has 2 aromatic rings. The van der Waals surface area contributed by atoms with Gasteiger partial charge in [-0.15, -0.1) is 0 Å². The number of hydrogen-bond acceptors (Lipinski definition) is 5. The maximum absolute atomic E-state index is 14.2. The van der Waals surface area contributed by atoms with Crippen LogP contribution in [0.1, 0.15) is 42.4 Å². The van der Waals surface area contributed by atoms with Crippen LogP contribution in [-0.2, 0) is 33.7 Å². The molecule has 2 fully saturated rings. The standard InChI is InChI=1S/C25H27F4NO5/c26-19-4-2-1-3-16(19)14-35-24(23(33)30-18-9-10-18)11-20(31)22(32)21(12-24)34-13-15-5-7-17(8-6-15)25(27,28)29/h1-8,18,20-22,31-32H,9-14H2,(H,30,33)/t20-,21?,22-,24+/m1/s1. The predicted octanol–water partition coefficient (Wildman–Crippen LogP) is 3.48. The van der Waals surface area contributed by atoms with Crippen LogP contribution >= 0.6 is 0 Å². The van der Waals surface area contributed by atoms with E-state index < -0.39 is 47.4 Å². The number of amides is 1. The van der Waals surface area contributed by atoms with Gasteiger partial charge in [0.2, 0.25) is 0 Å². The molecule has 0 spiro atoms. The molecule has 0 radical (unpaired) electrons. The molecule has 2 saturated carbocycles. The highest BCUT2D eigenvalue weighted by Gasteiger charge is 2.52. The lowest BCUT2D eigenvalue weighted by Crippen LogP contribution is -2.60. The number of rotatable bonds is 8. The number of halogens is 4. The van der Waals surface area contributed by atoms with E-state index in [4.69, 9.17) is 9.47 Å². The van der Waals surface area contributed by atoms with E-state index >= 15 is 0 Å². The minimum absolute atomic E-state index is 0.00746. The molecule has 2 aliphatic carbocycles. The Labute approximate surface area is 199 Å². The second kappa shape index (κ2) is 10.2. The first-order valence-electron chi connectivity index (χ1n) is 11.4. The zero-order chi connectivity index (χ0) is 25.2. The summed E-state index contributed by atoms with van der Waals surface area (Å²) in [4.78, 5) is 13.2. The number of alkyl halides is 3. The van der Waals surface area contributed by atoms with E-state index in [1.807, 2.05) is 0 Å². The number of carbonyl (C=O) groups excluding carboxylic acids is 1. The van der Waals surface area contributed by atoms with Gasteiger partial charge in [-0.05, 0) is 36.6 Å². The van der Waals surface area contributed by atoms with Gasteiger partial charge in [0.25, 0.3) is 5.91 Å². The molecular weight excluding hydrogens is 470 g/mol. The Morgan fingerprint density at radius 3 is 2.34 bits per heavy atom. The molecule has 35 heavy (non-hydrogen) atoms. The lowest BCUT2D eigenvalue weighted by atomic mass is 9.78. The monoisotopic (exact) mass is 497 g/mol. The Kier molecular flexibility index (Phi) is 7.46. The minimum atomic E-state index is -4.47. The molecule has 0 heterocycles. The maximum Gasteiger partial charge on any atom is 0.416 e. The van der Waals surface area contributed by atoms with Crippen LogP contribution in [0.3, 0.4) is 0 Å². The van der Waals surface area contributed by atoms with Crippen LogP contribution in [0, 0.1) is 5.82 Å². The normalized spacial score (nSPS) is 27.0. The maximum atomic E-state index is 14.2. The SMILES string of the molecule is O=C(NC1CC1)[C@@]1(OCc2ccccc2F)CC(OCc2ccc(C(F)(F)F)cc2)[C@H](O)[C@H](O)C1. The highest BCUT2D eigenvalue weighted by molar-refractivity contribution is 5.86. The zero-order valence-electron chi connectivity index (χ0n) is 18.8. The Balaban J connectivity index is 1.50. The van der Waals surface area contributed by atoms with Crippen LogP contribution in [0.2, 0.25) is 0 Å². The van der Waals surface area contributed by atoms with E-state index in [0.717, 1.165) is 25.0 Å². The van der Waals surface area contributed by atoms with Gasteiger partial charge in [0.15, 0.2) is 5.60 Å². The third kappa shape index (κ3) is 6.19. The lowest BCUT2D eigenvalue weighted by molar-refractivity contribution is -0.200. The van der Waals surface area contributed by atoms with Gasteiger partial charge in [-0.2, -0.15) is 13.2 Å². The van der Waals surface area contributed by atoms with Gasteiger partial charge in [0, 0.05) is 24.4 Å². The highest BCUT2D eigenvalue weighted by atomic mass is 19.4. The van der Waals surface area contributed by atoms with E-state index in [1.165, 1.54) is 30.3 Å². The number of benzene rings is 2. The van der Waals surface area contributed by atoms with E-state index in [9.17, 15) is 32.6 Å². The molecule has 190 valence electrons. The van der Waals surface area contributed by atoms with Crippen molar-refractivity contribution in [3.05, 3.63) is 71.0 Å². The Morgan fingerprint density at radius 1 is 1.03 bits per heavy atom. The summed E-state index contributed by atoms with van der Waals surface area (Å²) in [5, 5.41) is 24.0. The van der Waals surface area contributed by atoms with E-state index in [2.05, 4.69) is 5.32 Å². The van der Waals surface area contributed by atoms with Crippen LogP contribution in [-0.4, -0.2) is 46.1 Å². The second-order valence-electron chi connectivity index (χ2n) is 9.13. The van der Waals surface area contributed by atoms with Crippen molar-refractivity contribution in [3.63, 3.8) is 0 Å². The number of ether oxygens (including phenoxy) is 2. The van der Waals surface area contributed by atoms with Gasteiger partial charge in [0.05, 0.1) is 31.0 Å². The molecular formula is C25H27F4NO5. The van der Waals surface area contributed by atoms with E-state index in [0.29, 0.717) is 5.56 Å². The van der Waals surface area contributed by atoms with Crippen molar-refractivity contribution >= 4 is 5.91 Å². The summed E-state index contributed by atoms with van der Waals surface area (Å²) < 4.78 is 64.3. The summed E-state index contributed by atoms with van der Waals surface area (Å²) in [7, 11) is 0. The summed E-state index contributed by atoms with van der Waals surface area (Å²) >= 11 is 0. The van der Waals surface area contributed by atoms with Gasteiger partial charge in [-0.1, -0.05) is 30.3 Å². The number of aliphatic hydroxyl groups is 2. The van der Waals surface area contributed by atoms with E-state index in [-0.39, 0.29) is 37.7 Å². The Hall–Kier alpha value is -2.53. The van der Waals surface area contributed by atoms with Crippen molar-refractivity contribution < 1.29 is 42.0 Å². The van der Waals surface area contributed by atoms with Crippen LogP contribution in [0.15, 0.2) is 48.5 Å². The fourth-order valence-electron chi connectivity index (χ4n) is 4.13. The molecule has 0 bridgehead atoms. The molecule has 4 atom stereocenters. The Morgan fingerprint density at radius 2 is 1.71 bits per heavy atom. The first kappa shape index (κ1) is 25.6. The summed E-state index contributed by atoms with van der Waals surface area (Å²) in [6.07, 6.45) is -6.95. The quantitative estimate of drug-likeness (QED) is 0.486. The lowest BCUT2D eigenvalue weighted by Gasteiger charge is -2.44. The van der Waals surface area contributed by atoms with Gasteiger partial charge in [-0.25, -0.2) is 4.39 Å². The second-order valence-corrected chi connectivity index (χ2v) is 9.13. The molecule has 6 nitrogen and oxygen atoms in total. The molecule has 1 amide bonds. The summed E-state index contributed by atoms with van der Waals surface area (Å²) in [6.45, 7) is -0.389. The molecule has 3 N–H and O–H groups in total. The first-order chi connectivity index (χ1) is 16.6. The first-order valence-corrected chi connectivity index (χ1v) is 11.4. The number of carbonyl (C=O) groups is 1. The van der Waals surface area contributed by atoms with Gasteiger partial charge in [0.1, 0.15) is 11.9 Å². The number of aliphatic hydroxyl groups excluding tert-OH is 2. The molecule has 0 aromatic heterocycles. The van der Waals surface area contributed by atoms with Gasteiger partial charge >= 0.3 is 6.18 Å². The number of nitrogens with one attached hydrogen (secondary N) is 1. The average Bonchev–Trinajstić information content (AvgIpc) is 3.63. The molecule has 4 rings (SSSR count). The van der Waals surface area contributed by atoms with Crippen molar-refractivity contribution in [2.45, 2.75) is 75.0 Å². The molecule has 0 aliphatic heterocycles. The van der Waals surface area contributed by atoms with Crippen molar-refractivity contribution in [2.24, 2.45) is 0 Å². The van der Waals surface area contributed by atoms with Gasteiger partial charge < -0.3 is 25.0 Å². The molecule has 2 aromatic carbocycles. The van der Waals surface area contributed by atoms with Crippen molar-refractivity contribution in [3.8, 4) is 0 Å². The van der Waals surface area contributed by atoms with Crippen LogP contribution in [0.4, 0.5) is 17.6 Å². The smallest absolute Gasteiger partial charge is 0.390 e. The average molecular weight is 497 g/mol. The van der Waals surface area contributed by atoms with Crippen molar-refractivity contribution in [1.82, 2.24) is 5.32 Å². The van der Waals surface area contributed by atoms with Crippen LogP contribution in [0.5, 0.6) is 0 Å². The van der Waals surface area contributed by atoms with Crippen molar-refractivity contribution in [1.29, 1.82) is 0 Å². The number of hydrogen-bond donors (Lipinski definition) is 3. The molecule has 10 heteroatoms. The molecule has 2 aliphatic rings. The summed E-state index contributed by atoms with van der Waals surface area (Å²) in [6, 6.07) is 10.3. The van der Waals surface area contributed by atoms with Crippen molar-refractivity contribution in [2.75, 3.05) is 0 Å². The largest absolute Gasteiger partial charge is 0.416 e. The fourth-order valence-corrected chi connectivity index (χ4v) is 4.13.